The summed E-state index contributed by atoms with van der Waals surface area (Å²) in [7, 11) is 0. The number of rotatable bonds is 7. The fourth-order valence-corrected chi connectivity index (χ4v) is 2.32. The predicted octanol–water partition coefficient (Wildman–Crippen LogP) is 4.20. The molecule has 0 saturated carbocycles. The van der Waals surface area contributed by atoms with Gasteiger partial charge in [-0.25, -0.2) is 4.79 Å². The van der Waals surface area contributed by atoms with Gasteiger partial charge in [0.25, 0.3) is 0 Å². The molecule has 0 radical (unpaired) electrons. The normalized spacial score (nSPS) is 12.0. The number of carbonyl (C=O) groups excluding carboxylic acids is 1. The molecule has 24 heavy (non-hydrogen) atoms. The molecule has 1 N–H and O–H groups in total. The van der Waals surface area contributed by atoms with Crippen molar-refractivity contribution in [2.45, 2.75) is 53.0 Å². The molecule has 2 rings (SSSR count). The zero-order valence-electron chi connectivity index (χ0n) is 14.9. The van der Waals surface area contributed by atoms with Crippen molar-refractivity contribution >= 4 is 11.7 Å². The van der Waals surface area contributed by atoms with E-state index in [9.17, 15) is 4.79 Å². The minimum atomic E-state index is -0.176. The Bertz CT molecular complexity index is 651. The van der Waals surface area contributed by atoms with E-state index in [0.717, 1.165) is 12.1 Å². The molecule has 1 aromatic heterocycles. The third-order valence-corrected chi connectivity index (χ3v) is 4.15. The van der Waals surface area contributed by atoms with E-state index in [1.54, 1.807) is 4.90 Å². The second-order valence-electron chi connectivity index (χ2n) is 5.82. The molecule has 1 aromatic carbocycles. The Kier molecular flexibility index (Phi) is 6.35. The molecule has 1 heterocycles. The molecule has 0 bridgehead atoms. The topological polar surface area (TPSA) is 71.3 Å². The minimum Gasteiger partial charge on any atom is -0.423 e. The molecule has 0 fully saturated rings. The van der Waals surface area contributed by atoms with Crippen LogP contribution >= 0.6 is 0 Å². The maximum Gasteiger partial charge on any atom is 0.322 e. The second-order valence-corrected chi connectivity index (χ2v) is 5.82. The summed E-state index contributed by atoms with van der Waals surface area (Å²) in [5.74, 6) is 1.56. The highest BCUT2D eigenvalue weighted by molar-refractivity contribution is 5.89. The fourth-order valence-electron chi connectivity index (χ4n) is 2.32. The van der Waals surface area contributed by atoms with Crippen LogP contribution in [0.1, 0.15) is 57.4 Å². The summed E-state index contributed by atoms with van der Waals surface area (Å²) in [5.41, 5.74) is 2.06. The molecule has 0 aliphatic carbocycles. The first-order chi connectivity index (χ1) is 11.6. The van der Waals surface area contributed by atoms with Gasteiger partial charge < -0.3 is 14.6 Å². The summed E-state index contributed by atoms with van der Waals surface area (Å²) < 4.78 is 5.48. The van der Waals surface area contributed by atoms with Crippen LogP contribution in [0.2, 0.25) is 0 Å². The van der Waals surface area contributed by atoms with Crippen LogP contribution in [0.5, 0.6) is 0 Å². The van der Waals surface area contributed by atoms with E-state index in [-0.39, 0.29) is 6.03 Å². The molecule has 6 heteroatoms. The lowest BCUT2D eigenvalue weighted by atomic mass is 9.99. The molecule has 2 aromatic rings. The Morgan fingerprint density at radius 3 is 2.38 bits per heavy atom. The van der Waals surface area contributed by atoms with Gasteiger partial charge in [0.2, 0.25) is 11.8 Å². The summed E-state index contributed by atoms with van der Waals surface area (Å²) in [6, 6.07) is 7.83. The Morgan fingerprint density at radius 1 is 1.17 bits per heavy atom. The number of anilines is 1. The molecule has 6 nitrogen and oxygen atoms in total. The summed E-state index contributed by atoms with van der Waals surface area (Å²) in [5, 5.41) is 10.8. The summed E-state index contributed by atoms with van der Waals surface area (Å²) in [6.07, 6.45) is 1.78. The lowest BCUT2D eigenvalue weighted by Gasteiger charge is -2.19. The van der Waals surface area contributed by atoms with Crippen molar-refractivity contribution in [1.29, 1.82) is 0 Å². The highest BCUT2D eigenvalue weighted by atomic mass is 16.4. The SMILES string of the molecule is CCc1nnc(CN(CC)C(=O)Nc2ccc([C@H](C)CC)cc2)o1. The van der Waals surface area contributed by atoms with E-state index < -0.39 is 0 Å². The van der Waals surface area contributed by atoms with Crippen molar-refractivity contribution in [1.82, 2.24) is 15.1 Å². The van der Waals surface area contributed by atoms with Crippen LogP contribution in [0.25, 0.3) is 0 Å². The molecule has 0 unspecified atom stereocenters. The van der Waals surface area contributed by atoms with Gasteiger partial charge >= 0.3 is 6.03 Å². The number of nitrogens with one attached hydrogen (secondary N) is 1. The smallest absolute Gasteiger partial charge is 0.322 e. The number of hydrogen-bond acceptors (Lipinski definition) is 4. The molecular formula is C18H26N4O2. The quantitative estimate of drug-likeness (QED) is 0.826. The fraction of sp³-hybridized carbons (Fsp3) is 0.500. The number of nitrogens with zero attached hydrogens (tertiary/aromatic N) is 3. The maximum absolute atomic E-state index is 12.4. The molecule has 0 aliphatic rings. The first-order valence-electron chi connectivity index (χ1n) is 8.54. The number of aromatic nitrogens is 2. The van der Waals surface area contributed by atoms with Crippen molar-refractivity contribution in [3.8, 4) is 0 Å². The van der Waals surface area contributed by atoms with Gasteiger partial charge in [-0.2, -0.15) is 0 Å². The van der Waals surface area contributed by atoms with Crippen LogP contribution in [0.15, 0.2) is 28.7 Å². The van der Waals surface area contributed by atoms with Crippen molar-refractivity contribution < 1.29 is 9.21 Å². The summed E-state index contributed by atoms with van der Waals surface area (Å²) in [4.78, 5) is 14.1. The molecule has 1 atom stereocenters. The van der Waals surface area contributed by atoms with Crippen molar-refractivity contribution in [2.24, 2.45) is 0 Å². The average molecular weight is 330 g/mol. The van der Waals surface area contributed by atoms with E-state index >= 15 is 0 Å². The molecule has 0 saturated heterocycles. The number of aryl methyl sites for hydroxylation is 1. The van der Waals surface area contributed by atoms with Crippen LogP contribution in [-0.4, -0.2) is 27.7 Å². The van der Waals surface area contributed by atoms with E-state index in [4.69, 9.17) is 4.42 Å². The highest BCUT2D eigenvalue weighted by Crippen LogP contribution is 2.20. The van der Waals surface area contributed by atoms with Gasteiger partial charge in [-0.15, -0.1) is 10.2 Å². The summed E-state index contributed by atoms with van der Waals surface area (Å²) in [6.45, 7) is 9.09. The van der Waals surface area contributed by atoms with Crippen LogP contribution < -0.4 is 5.32 Å². The highest BCUT2D eigenvalue weighted by Gasteiger charge is 2.16. The van der Waals surface area contributed by atoms with Gasteiger partial charge in [-0.3, -0.25) is 0 Å². The third kappa shape index (κ3) is 4.57. The lowest BCUT2D eigenvalue weighted by molar-refractivity contribution is 0.205. The molecule has 0 aliphatic heterocycles. The first-order valence-corrected chi connectivity index (χ1v) is 8.54. The van der Waals surface area contributed by atoms with Gasteiger partial charge in [0, 0.05) is 18.7 Å². The van der Waals surface area contributed by atoms with Crippen LogP contribution in [0.4, 0.5) is 10.5 Å². The average Bonchev–Trinajstić information content (AvgIpc) is 3.07. The Labute approximate surface area is 143 Å². The first kappa shape index (κ1) is 18.0. The Morgan fingerprint density at radius 2 is 1.83 bits per heavy atom. The minimum absolute atomic E-state index is 0.176. The van der Waals surface area contributed by atoms with Crippen molar-refractivity contribution in [3.05, 3.63) is 41.6 Å². The predicted molar refractivity (Wildman–Crippen MR) is 93.9 cm³/mol. The monoisotopic (exact) mass is 330 g/mol. The number of amides is 2. The third-order valence-electron chi connectivity index (χ3n) is 4.15. The van der Waals surface area contributed by atoms with E-state index in [0.29, 0.717) is 37.2 Å². The van der Waals surface area contributed by atoms with Crippen molar-refractivity contribution in [2.75, 3.05) is 11.9 Å². The van der Waals surface area contributed by atoms with E-state index in [1.807, 2.05) is 26.0 Å². The van der Waals surface area contributed by atoms with Crippen molar-refractivity contribution in [3.63, 3.8) is 0 Å². The second kappa shape index (κ2) is 8.47. The lowest BCUT2D eigenvalue weighted by Crippen LogP contribution is -2.34. The van der Waals surface area contributed by atoms with E-state index in [2.05, 4.69) is 41.5 Å². The zero-order chi connectivity index (χ0) is 17.5. The number of carbonyl (C=O) groups is 1. The van der Waals surface area contributed by atoms with Gasteiger partial charge in [0.05, 0.1) is 0 Å². The van der Waals surface area contributed by atoms with Crippen LogP contribution in [-0.2, 0) is 13.0 Å². The van der Waals surface area contributed by atoms with Crippen LogP contribution in [0, 0.1) is 0 Å². The standard InChI is InChI=1S/C18H26N4O2/c1-5-13(4)14-8-10-15(11-9-14)19-18(23)22(7-3)12-17-21-20-16(6-2)24-17/h8-11,13H,5-7,12H2,1-4H3,(H,19,23)/t13-/m1/s1. The zero-order valence-corrected chi connectivity index (χ0v) is 14.9. The molecule has 2 amide bonds. The van der Waals surface area contributed by atoms with Crippen LogP contribution in [0.3, 0.4) is 0 Å². The van der Waals surface area contributed by atoms with Gasteiger partial charge in [0.1, 0.15) is 6.54 Å². The molecule has 0 spiro atoms. The molecule has 130 valence electrons. The van der Waals surface area contributed by atoms with Gasteiger partial charge in [-0.05, 0) is 37.0 Å². The number of hydrogen-bond donors (Lipinski definition) is 1. The number of urea groups is 1. The number of benzene rings is 1. The van der Waals surface area contributed by atoms with Gasteiger partial charge in [0.15, 0.2) is 0 Å². The largest absolute Gasteiger partial charge is 0.423 e. The maximum atomic E-state index is 12.4. The summed E-state index contributed by atoms with van der Waals surface area (Å²) >= 11 is 0. The molecular weight excluding hydrogens is 304 g/mol. The Hall–Kier alpha value is -2.37. The van der Waals surface area contributed by atoms with E-state index in [1.165, 1.54) is 5.56 Å². The Balaban J connectivity index is 1.98. The van der Waals surface area contributed by atoms with Gasteiger partial charge in [-0.1, -0.05) is 32.9 Å².